The summed E-state index contributed by atoms with van der Waals surface area (Å²) in [4.78, 5) is 9.70. The first-order valence-corrected chi connectivity index (χ1v) is 8.55. The number of nitrogens with zero attached hydrogens (tertiary/aromatic N) is 2. The molecule has 2 heterocycles. The van der Waals surface area contributed by atoms with Gasteiger partial charge in [-0.2, -0.15) is 0 Å². The molecule has 0 radical (unpaired) electrons. The average Bonchev–Trinajstić information content (AvgIpc) is 2.97. The number of fused-ring (bicyclic) bond motifs is 1. The van der Waals surface area contributed by atoms with Crippen LogP contribution >= 0.6 is 11.3 Å². The predicted molar refractivity (Wildman–Crippen MR) is 94.7 cm³/mol. The van der Waals surface area contributed by atoms with Crippen molar-refractivity contribution >= 4 is 27.4 Å². The Bertz CT molecular complexity index is 746. The summed E-state index contributed by atoms with van der Waals surface area (Å²) in [5.74, 6) is 1.51. The van der Waals surface area contributed by atoms with E-state index in [1.54, 1.807) is 17.7 Å². The van der Waals surface area contributed by atoms with Crippen LogP contribution in [0.4, 0.5) is 5.82 Å². The van der Waals surface area contributed by atoms with Crippen molar-refractivity contribution in [3.05, 3.63) is 53.2 Å². The van der Waals surface area contributed by atoms with Crippen molar-refractivity contribution in [1.82, 2.24) is 9.97 Å². The van der Waals surface area contributed by atoms with Crippen LogP contribution in [0.1, 0.15) is 37.8 Å². The fourth-order valence-corrected chi connectivity index (χ4v) is 3.31. The lowest BCUT2D eigenvalue weighted by atomic mass is 9.99. The Balaban J connectivity index is 1.69. The van der Waals surface area contributed by atoms with Gasteiger partial charge in [-0.25, -0.2) is 9.97 Å². The van der Waals surface area contributed by atoms with Crippen molar-refractivity contribution < 1.29 is 0 Å². The number of anilines is 1. The number of thiophene rings is 1. The molecule has 0 aliphatic heterocycles. The number of hydrogen-bond acceptors (Lipinski definition) is 4. The molecule has 0 saturated carbocycles. The standard InChI is InChI=1S/C18H21N3S/c1-12(2)15-6-4-14(5-7-15)10-13(3)21-17-16-8-9-22-18(16)20-11-19-17/h4-9,11-13H,10H2,1-3H3,(H,19,20,21). The van der Waals surface area contributed by atoms with Crippen molar-refractivity contribution in [2.75, 3.05) is 5.32 Å². The molecule has 2 aromatic heterocycles. The molecule has 4 heteroatoms. The van der Waals surface area contributed by atoms with Gasteiger partial charge in [-0.1, -0.05) is 38.1 Å². The van der Waals surface area contributed by atoms with Crippen LogP contribution in [0.25, 0.3) is 10.2 Å². The summed E-state index contributed by atoms with van der Waals surface area (Å²) in [5, 5.41) is 6.67. The molecule has 1 unspecified atom stereocenters. The van der Waals surface area contributed by atoms with Gasteiger partial charge in [0, 0.05) is 6.04 Å². The van der Waals surface area contributed by atoms with Gasteiger partial charge in [0.15, 0.2) is 0 Å². The number of aromatic nitrogens is 2. The normalized spacial score (nSPS) is 12.7. The van der Waals surface area contributed by atoms with Crippen molar-refractivity contribution in [2.24, 2.45) is 0 Å². The van der Waals surface area contributed by atoms with Gasteiger partial charge in [0.25, 0.3) is 0 Å². The van der Waals surface area contributed by atoms with Gasteiger partial charge in [-0.3, -0.25) is 0 Å². The summed E-state index contributed by atoms with van der Waals surface area (Å²) in [6.07, 6.45) is 2.61. The maximum atomic E-state index is 4.38. The van der Waals surface area contributed by atoms with Gasteiger partial charge in [0.1, 0.15) is 17.0 Å². The van der Waals surface area contributed by atoms with Crippen LogP contribution in [0.3, 0.4) is 0 Å². The third-order valence-corrected chi connectivity index (χ3v) is 4.65. The highest BCUT2D eigenvalue weighted by atomic mass is 32.1. The summed E-state index contributed by atoms with van der Waals surface area (Å²) in [7, 11) is 0. The lowest BCUT2D eigenvalue weighted by Gasteiger charge is -2.15. The number of hydrogen-bond donors (Lipinski definition) is 1. The van der Waals surface area contributed by atoms with E-state index in [2.05, 4.69) is 71.8 Å². The quantitative estimate of drug-likeness (QED) is 0.731. The lowest BCUT2D eigenvalue weighted by Crippen LogP contribution is -2.19. The first-order chi connectivity index (χ1) is 10.6. The lowest BCUT2D eigenvalue weighted by molar-refractivity contribution is 0.783. The van der Waals surface area contributed by atoms with Gasteiger partial charge in [-0.15, -0.1) is 11.3 Å². The Morgan fingerprint density at radius 1 is 1.05 bits per heavy atom. The van der Waals surface area contributed by atoms with Crippen molar-refractivity contribution in [2.45, 2.75) is 39.2 Å². The van der Waals surface area contributed by atoms with Crippen LogP contribution in [0.15, 0.2) is 42.0 Å². The minimum absolute atomic E-state index is 0.322. The molecule has 3 nitrogen and oxygen atoms in total. The summed E-state index contributed by atoms with van der Waals surface area (Å²) in [5.41, 5.74) is 2.74. The summed E-state index contributed by atoms with van der Waals surface area (Å²) in [6, 6.07) is 11.3. The van der Waals surface area contributed by atoms with Gasteiger partial charge < -0.3 is 5.32 Å². The first kappa shape index (κ1) is 15.0. The minimum Gasteiger partial charge on any atom is -0.367 e. The minimum atomic E-state index is 0.322. The van der Waals surface area contributed by atoms with Crippen LogP contribution < -0.4 is 5.32 Å². The molecule has 1 N–H and O–H groups in total. The predicted octanol–water partition coefficient (Wildman–Crippen LogP) is 4.86. The molecule has 0 saturated heterocycles. The Morgan fingerprint density at radius 3 is 2.55 bits per heavy atom. The molecule has 3 aromatic rings. The fourth-order valence-electron chi connectivity index (χ4n) is 2.58. The van der Waals surface area contributed by atoms with Crippen LogP contribution in [-0.2, 0) is 6.42 Å². The van der Waals surface area contributed by atoms with Crippen LogP contribution in [-0.4, -0.2) is 16.0 Å². The molecule has 0 spiro atoms. The second-order valence-corrected chi connectivity index (χ2v) is 6.90. The molecular formula is C18H21N3S. The van der Waals surface area contributed by atoms with Crippen LogP contribution in [0, 0.1) is 0 Å². The molecule has 0 bridgehead atoms. The molecule has 1 atom stereocenters. The molecule has 3 rings (SSSR count). The van der Waals surface area contributed by atoms with Crippen LogP contribution in [0.2, 0.25) is 0 Å². The molecule has 0 fully saturated rings. The fraction of sp³-hybridized carbons (Fsp3) is 0.333. The van der Waals surface area contributed by atoms with Crippen molar-refractivity contribution in [3.8, 4) is 0 Å². The number of benzene rings is 1. The zero-order chi connectivity index (χ0) is 15.5. The average molecular weight is 311 g/mol. The van der Waals surface area contributed by atoms with Crippen molar-refractivity contribution in [3.63, 3.8) is 0 Å². The van der Waals surface area contributed by atoms with E-state index < -0.39 is 0 Å². The van der Waals surface area contributed by atoms with E-state index in [1.165, 1.54) is 11.1 Å². The smallest absolute Gasteiger partial charge is 0.138 e. The Labute approximate surface area is 135 Å². The number of rotatable bonds is 5. The topological polar surface area (TPSA) is 37.8 Å². The second-order valence-electron chi connectivity index (χ2n) is 6.01. The Kier molecular flexibility index (Phi) is 4.39. The van der Waals surface area contributed by atoms with Gasteiger partial charge in [-0.05, 0) is 41.8 Å². The molecule has 114 valence electrons. The molecule has 22 heavy (non-hydrogen) atoms. The molecule has 0 amide bonds. The third kappa shape index (κ3) is 3.28. The molecule has 0 aliphatic rings. The van der Waals surface area contributed by atoms with E-state index in [4.69, 9.17) is 0 Å². The second kappa shape index (κ2) is 6.44. The van der Waals surface area contributed by atoms with E-state index in [0.29, 0.717) is 12.0 Å². The molecule has 0 aliphatic carbocycles. The maximum absolute atomic E-state index is 4.38. The first-order valence-electron chi connectivity index (χ1n) is 7.67. The van der Waals surface area contributed by atoms with Gasteiger partial charge >= 0.3 is 0 Å². The molecule has 1 aromatic carbocycles. The zero-order valence-corrected chi connectivity index (χ0v) is 14.0. The monoisotopic (exact) mass is 311 g/mol. The van der Waals surface area contributed by atoms with Crippen molar-refractivity contribution in [1.29, 1.82) is 0 Å². The Hall–Kier alpha value is -1.94. The highest BCUT2D eigenvalue weighted by Crippen LogP contribution is 2.24. The third-order valence-electron chi connectivity index (χ3n) is 3.83. The van der Waals surface area contributed by atoms with E-state index in [0.717, 1.165) is 22.5 Å². The highest BCUT2D eigenvalue weighted by Gasteiger charge is 2.09. The van der Waals surface area contributed by atoms with E-state index >= 15 is 0 Å². The highest BCUT2D eigenvalue weighted by molar-refractivity contribution is 7.16. The summed E-state index contributed by atoms with van der Waals surface area (Å²) >= 11 is 1.65. The summed E-state index contributed by atoms with van der Waals surface area (Å²) in [6.45, 7) is 6.64. The largest absolute Gasteiger partial charge is 0.367 e. The van der Waals surface area contributed by atoms with Crippen LogP contribution in [0.5, 0.6) is 0 Å². The van der Waals surface area contributed by atoms with E-state index in [-0.39, 0.29) is 0 Å². The van der Waals surface area contributed by atoms with E-state index in [1.807, 2.05) is 0 Å². The maximum Gasteiger partial charge on any atom is 0.138 e. The summed E-state index contributed by atoms with van der Waals surface area (Å²) < 4.78 is 0. The number of nitrogens with one attached hydrogen (secondary N) is 1. The molecular weight excluding hydrogens is 290 g/mol. The zero-order valence-electron chi connectivity index (χ0n) is 13.2. The van der Waals surface area contributed by atoms with Gasteiger partial charge in [0.2, 0.25) is 0 Å². The Morgan fingerprint density at radius 2 is 1.82 bits per heavy atom. The van der Waals surface area contributed by atoms with E-state index in [9.17, 15) is 0 Å². The van der Waals surface area contributed by atoms with Gasteiger partial charge in [0.05, 0.1) is 5.39 Å². The SMILES string of the molecule is CC(Cc1ccc(C(C)C)cc1)Nc1ncnc2sccc12.